The number of carbonyl (C=O) groups excluding carboxylic acids is 3. The van der Waals surface area contributed by atoms with Crippen LogP contribution in [0.5, 0.6) is 11.5 Å². The van der Waals surface area contributed by atoms with Crippen molar-refractivity contribution in [3.8, 4) is 11.5 Å². The number of ether oxygens (including phenoxy) is 2. The van der Waals surface area contributed by atoms with Gasteiger partial charge in [-0.3, -0.25) is 29.5 Å². The number of nitrogens with one attached hydrogen (secondary N) is 4. The van der Waals surface area contributed by atoms with Crippen LogP contribution in [0.25, 0.3) is 12.2 Å². The van der Waals surface area contributed by atoms with Crippen LogP contribution in [0.15, 0.2) is 92.8 Å². The fourth-order valence-electron chi connectivity index (χ4n) is 5.80. The maximum atomic E-state index is 13.5. The van der Waals surface area contributed by atoms with E-state index >= 15 is 0 Å². The summed E-state index contributed by atoms with van der Waals surface area (Å²) in [7, 11) is -7.66. The van der Waals surface area contributed by atoms with Crippen molar-refractivity contribution in [1.29, 1.82) is 0 Å². The predicted octanol–water partition coefficient (Wildman–Crippen LogP) is 4.53. The van der Waals surface area contributed by atoms with Crippen molar-refractivity contribution in [3.63, 3.8) is 0 Å². The molecule has 0 unspecified atom stereocenters. The minimum Gasteiger partial charge on any atom is -0.494 e. The highest BCUT2D eigenvalue weighted by Crippen LogP contribution is 2.32. The number of Topliss-reactive ketones (excluding diaryl/α,β-unsaturated/α-hetero) is 2. The Hall–Kier alpha value is -7.73. The van der Waals surface area contributed by atoms with E-state index in [0.717, 1.165) is 24.3 Å². The van der Waals surface area contributed by atoms with E-state index in [1.807, 2.05) is 0 Å². The average Bonchev–Trinajstić information content (AvgIpc) is 3.18. The second-order valence-corrected chi connectivity index (χ2v) is 15.2. The highest BCUT2D eigenvalue weighted by Gasteiger charge is 2.35. The smallest absolute Gasteiger partial charge is 0.335 e. The van der Waals surface area contributed by atoms with Crippen LogP contribution in [0, 0.1) is 0 Å². The molecule has 0 bridgehead atoms. The molecule has 21 nitrogen and oxygen atoms in total. The lowest BCUT2D eigenvalue weighted by Gasteiger charge is -2.18. The van der Waals surface area contributed by atoms with Gasteiger partial charge in [-0.05, 0) is 96.1 Å². The summed E-state index contributed by atoms with van der Waals surface area (Å²) in [5, 5.41) is 31.2. The Labute approximate surface area is 338 Å². The third-order valence-electron chi connectivity index (χ3n) is 8.61. The zero-order valence-corrected chi connectivity index (χ0v) is 32.2. The van der Waals surface area contributed by atoms with Crippen molar-refractivity contribution >= 4 is 96.1 Å². The number of methoxy groups -OCH3 is 2. The Kier molecular flexibility index (Phi) is 11.4. The van der Waals surface area contributed by atoms with Crippen LogP contribution in [-0.4, -0.2) is 91.3 Å². The number of ketones is 2. The number of carbonyl (C=O) groups is 5. The third kappa shape index (κ3) is 8.72. The van der Waals surface area contributed by atoms with Gasteiger partial charge in [0, 0.05) is 22.5 Å². The fraction of sp³-hybridized carbons (Fsp3) is 0.0541. The summed E-state index contributed by atoms with van der Waals surface area (Å²) in [6, 6.07) is 14.0. The summed E-state index contributed by atoms with van der Waals surface area (Å²) in [5.74, 6) is -4.38. The zero-order valence-electron chi connectivity index (χ0n) is 30.6. The van der Waals surface area contributed by atoms with Crippen molar-refractivity contribution in [2.24, 2.45) is 10.2 Å². The van der Waals surface area contributed by atoms with Gasteiger partial charge in [-0.25, -0.2) is 14.4 Å². The predicted molar refractivity (Wildman–Crippen MR) is 215 cm³/mol. The first-order valence-electron chi connectivity index (χ1n) is 16.6. The van der Waals surface area contributed by atoms with Gasteiger partial charge in [0.15, 0.2) is 11.4 Å². The quantitative estimate of drug-likeness (QED) is 0.0716. The molecule has 0 radical (unpaired) electrons. The molecule has 2 aliphatic carbocycles. The molecule has 2 aliphatic rings. The molecule has 0 heterocycles. The van der Waals surface area contributed by atoms with Gasteiger partial charge in [0.2, 0.25) is 11.6 Å². The van der Waals surface area contributed by atoms with Gasteiger partial charge in [-0.1, -0.05) is 0 Å². The van der Waals surface area contributed by atoms with Crippen molar-refractivity contribution in [1.82, 2.24) is 0 Å². The van der Waals surface area contributed by atoms with Crippen LogP contribution in [0.3, 0.4) is 0 Å². The molecule has 4 aromatic rings. The first kappa shape index (κ1) is 41.9. The first-order valence-corrected chi connectivity index (χ1v) is 19.5. The summed E-state index contributed by atoms with van der Waals surface area (Å²) in [6.07, 6.45) is 1.89. The van der Waals surface area contributed by atoms with E-state index in [9.17, 15) is 60.1 Å². The van der Waals surface area contributed by atoms with Gasteiger partial charge in [-0.2, -0.15) is 27.0 Å². The molecular formula is C37H28N6O15S2. The molecule has 60 heavy (non-hydrogen) atoms. The van der Waals surface area contributed by atoms with Crippen molar-refractivity contribution in [2.75, 3.05) is 35.7 Å². The van der Waals surface area contributed by atoms with Crippen LogP contribution in [0.4, 0.5) is 27.5 Å². The number of urea groups is 1. The summed E-state index contributed by atoms with van der Waals surface area (Å²) in [5.41, 5.74) is 3.20. The number of fused-ring (bicyclic) bond motifs is 2. The number of hydrazone groups is 2. The molecule has 0 saturated carbocycles. The lowest BCUT2D eigenvalue weighted by atomic mass is 9.94. The number of aromatic carboxylic acids is 2. The molecule has 308 valence electrons. The molecule has 4 aromatic carbocycles. The number of carboxylic acids is 2. The number of amides is 2. The van der Waals surface area contributed by atoms with E-state index in [1.165, 1.54) is 74.9 Å². The Morgan fingerprint density at radius 1 is 0.583 bits per heavy atom. The first-order chi connectivity index (χ1) is 28.3. The molecular weight excluding hydrogens is 833 g/mol. The molecule has 8 N–H and O–H groups in total. The van der Waals surface area contributed by atoms with E-state index in [-0.39, 0.29) is 67.6 Å². The van der Waals surface area contributed by atoms with Crippen LogP contribution in [-0.2, 0) is 20.2 Å². The number of benzene rings is 4. The number of hydrogen-bond donors (Lipinski definition) is 8. The van der Waals surface area contributed by atoms with Gasteiger partial charge in [0.1, 0.15) is 21.3 Å². The molecule has 0 fully saturated rings. The van der Waals surface area contributed by atoms with Crippen LogP contribution in [0.2, 0.25) is 0 Å². The standard InChI is InChI=1S/C37H28N6O15S2/c1-57-27-13-17(35(46)47)3-9-25(27)40-42-31-29(59(51,52)53)15-19-11-21(5-7-23(19)33(31)44)38-37(50)39-22-6-8-24-20(12-22)16-30(60(54,55)56)32(34(24)45)43-41-26-10-4-18(36(48)49)14-28(26)58-2/h3-16,40-41H,1-2H3,(H,46,47)(H,48,49)(H2,38,39,50)(H,51,52,53)(H,54,55,56)/b42-31-,43-32+. The zero-order chi connectivity index (χ0) is 43.7. The minimum atomic E-state index is -5.07. The summed E-state index contributed by atoms with van der Waals surface area (Å²) >= 11 is 0. The molecule has 23 heteroatoms. The van der Waals surface area contributed by atoms with E-state index < -0.39 is 71.0 Å². The van der Waals surface area contributed by atoms with Crippen molar-refractivity contribution < 1.29 is 69.6 Å². The molecule has 0 aromatic heterocycles. The second-order valence-electron chi connectivity index (χ2n) is 12.4. The van der Waals surface area contributed by atoms with Gasteiger partial charge in [0.25, 0.3) is 20.2 Å². The maximum absolute atomic E-state index is 13.5. The average molecular weight is 861 g/mol. The monoisotopic (exact) mass is 860 g/mol. The maximum Gasteiger partial charge on any atom is 0.335 e. The third-order valence-corrected chi connectivity index (χ3v) is 10.3. The van der Waals surface area contributed by atoms with E-state index in [2.05, 4.69) is 31.7 Å². The van der Waals surface area contributed by atoms with Crippen molar-refractivity contribution in [2.45, 2.75) is 0 Å². The molecule has 2 amide bonds. The Bertz CT molecular complexity index is 2730. The van der Waals surface area contributed by atoms with Gasteiger partial charge in [0.05, 0.1) is 36.7 Å². The van der Waals surface area contributed by atoms with Crippen molar-refractivity contribution in [3.05, 3.63) is 116 Å². The lowest BCUT2D eigenvalue weighted by molar-refractivity contribution is 0.0686. The number of allylic oxidation sites excluding steroid dienone is 2. The summed E-state index contributed by atoms with van der Waals surface area (Å²) in [6.45, 7) is 0. The van der Waals surface area contributed by atoms with Crippen LogP contribution in [0.1, 0.15) is 52.6 Å². The van der Waals surface area contributed by atoms with Gasteiger partial charge in [-0.15, -0.1) is 0 Å². The molecule has 6 rings (SSSR count). The number of nitrogens with zero attached hydrogens (tertiary/aromatic N) is 2. The van der Waals surface area contributed by atoms with E-state index in [4.69, 9.17) is 9.47 Å². The molecule has 0 aliphatic heterocycles. The van der Waals surface area contributed by atoms with Crippen LogP contribution >= 0.6 is 0 Å². The van der Waals surface area contributed by atoms with Gasteiger partial charge < -0.3 is 30.3 Å². The summed E-state index contributed by atoms with van der Waals surface area (Å²) < 4.78 is 79.8. The SMILES string of the molecule is COc1cc(C(=O)O)ccc1N/N=C1/C(=O)c2ccc(NC(=O)Nc3ccc4c(c3)C=C(S(=O)(=O)O)/C(=N/Nc3ccc(C(=O)O)cc3OC)C4=O)cc2C=C1S(=O)(=O)O. The topological polar surface area (TPSA) is 326 Å². The number of hydrogen-bond acceptors (Lipinski definition) is 15. The fourth-order valence-corrected chi connectivity index (χ4v) is 7.11. The minimum absolute atomic E-state index is 0.00363. The lowest BCUT2D eigenvalue weighted by Crippen LogP contribution is -2.27. The van der Waals surface area contributed by atoms with E-state index in [1.54, 1.807) is 0 Å². The highest BCUT2D eigenvalue weighted by molar-refractivity contribution is 7.91. The Morgan fingerprint density at radius 3 is 1.30 bits per heavy atom. The molecule has 0 spiro atoms. The second kappa shape index (κ2) is 16.3. The van der Waals surface area contributed by atoms with Crippen LogP contribution < -0.4 is 31.0 Å². The number of carboxylic acid groups (broad SMARTS) is 2. The molecule has 0 saturated heterocycles. The highest BCUT2D eigenvalue weighted by atomic mass is 32.2. The number of anilines is 4. The molecule has 0 atom stereocenters. The Morgan fingerprint density at radius 2 is 0.967 bits per heavy atom. The number of rotatable bonds is 12. The van der Waals surface area contributed by atoms with E-state index in [0.29, 0.717) is 0 Å². The largest absolute Gasteiger partial charge is 0.494 e. The Balaban J connectivity index is 1.22. The van der Waals surface area contributed by atoms with Gasteiger partial charge >= 0.3 is 18.0 Å². The normalized spacial score (nSPS) is 14.9. The summed E-state index contributed by atoms with van der Waals surface area (Å²) in [4.78, 5) is 60.8.